The zero-order valence-electron chi connectivity index (χ0n) is 14.3. The maximum Gasteiger partial charge on any atom is 0.0113 e. The summed E-state index contributed by atoms with van der Waals surface area (Å²) in [6, 6.07) is 1.51. The van der Waals surface area contributed by atoms with Crippen LogP contribution in [0.2, 0.25) is 0 Å². The second kappa shape index (κ2) is 11.4. The van der Waals surface area contributed by atoms with Gasteiger partial charge >= 0.3 is 0 Å². The molecule has 4 heteroatoms. The van der Waals surface area contributed by atoms with Gasteiger partial charge in [-0.15, -0.1) is 34.0 Å². The monoisotopic (exact) mass is 414 g/mol. The first-order valence-corrected chi connectivity index (χ1v) is 7.88. The first kappa shape index (κ1) is 23.2. The van der Waals surface area contributed by atoms with Crippen molar-refractivity contribution >= 4 is 34.0 Å². The second-order valence-corrected chi connectivity index (χ2v) is 7.03. The Hall–Kier alpha value is 0.880. The minimum atomic E-state index is 0. The van der Waals surface area contributed by atoms with E-state index in [4.69, 9.17) is 0 Å². The van der Waals surface area contributed by atoms with E-state index in [1.165, 1.54) is 39.0 Å². The first-order valence-electron chi connectivity index (χ1n) is 7.88. The van der Waals surface area contributed by atoms with Gasteiger partial charge in [-0.05, 0) is 38.5 Å². The number of piperazine rings is 1. The number of nitrogens with zero attached hydrogens (tertiary/aromatic N) is 2. The van der Waals surface area contributed by atoms with Crippen LogP contribution in [0.25, 0.3) is 0 Å². The van der Waals surface area contributed by atoms with Crippen LogP contribution in [0, 0.1) is 11.8 Å². The molecule has 0 aromatic heterocycles. The molecule has 0 N–H and O–H groups in total. The molecule has 2 atom stereocenters. The largest absolute Gasteiger partial charge is 0.298 e. The van der Waals surface area contributed by atoms with Gasteiger partial charge in [0, 0.05) is 38.3 Å². The zero-order chi connectivity index (χ0) is 13.7. The molecular weight excluding hydrogens is 380 g/mol. The lowest BCUT2D eigenvalue weighted by Crippen LogP contribution is -2.52. The van der Waals surface area contributed by atoms with Gasteiger partial charge in [-0.25, -0.2) is 0 Å². The molecule has 0 radical (unpaired) electrons. The fraction of sp³-hybridized carbons (Fsp3) is 1.00. The van der Waals surface area contributed by atoms with E-state index in [9.17, 15) is 0 Å². The lowest BCUT2D eigenvalue weighted by Gasteiger charge is -2.41. The van der Waals surface area contributed by atoms with E-state index >= 15 is 0 Å². The van der Waals surface area contributed by atoms with Gasteiger partial charge in [-0.1, -0.05) is 27.7 Å². The van der Waals surface area contributed by atoms with Crippen molar-refractivity contribution in [2.45, 2.75) is 66.5 Å². The fourth-order valence-electron chi connectivity index (χ4n) is 3.28. The Balaban J connectivity index is 0. The SMILES string of the molecule is Br.Br.CC(C)CC(C)N1CCN(C(C)CC(C)C)CC1. The van der Waals surface area contributed by atoms with E-state index in [1.807, 2.05) is 0 Å². The van der Waals surface area contributed by atoms with Crippen LogP contribution in [0.3, 0.4) is 0 Å². The Bertz CT molecular complexity index is 203. The van der Waals surface area contributed by atoms with Crippen LogP contribution in [0.1, 0.15) is 54.4 Å². The zero-order valence-corrected chi connectivity index (χ0v) is 17.7. The molecule has 0 spiro atoms. The minimum absolute atomic E-state index is 0. The molecule has 1 saturated heterocycles. The van der Waals surface area contributed by atoms with E-state index in [-0.39, 0.29) is 34.0 Å². The highest BCUT2D eigenvalue weighted by Gasteiger charge is 2.24. The third kappa shape index (κ3) is 8.35. The van der Waals surface area contributed by atoms with Crippen LogP contribution in [0.15, 0.2) is 0 Å². The van der Waals surface area contributed by atoms with Crippen molar-refractivity contribution in [3.8, 4) is 0 Å². The third-order valence-corrected chi connectivity index (χ3v) is 4.22. The lowest BCUT2D eigenvalue weighted by molar-refractivity contribution is 0.0663. The van der Waals surface area contributed by atoms with Gasteiger partial charge in [0.2, 0.25) is 0 Å². The summed E-state index contributed by atoms with van der Waals surface area (Å²) < 4.78 is 0. The molecule has 0 aromatic rings. The van der Waals surface area contributed by atoms with Crippen molar-refractivity contribution < 1.29 is 0 Å². The standard InChI is InChI=1S/C16H34N2.2BrH/c1-13(2)11-15(5)17-7-9-18(10-8-17)16(6)12-14(3)4;;/h13-16H,7-12H2,1-6H3;2*1H. The fourth-order valence-corrected chi connectivity index (χ4v) is 3.28. The topological polar surface area (TPSA) is 6.48 Å². The Morgan fingerprint density at radius 2 is 0.850 bits per heavy atom. The van der Waals surface area contributed by atoms with Gasteiger partial charge in [-0.2, -0.15) is 0 Å². The summed E-state index contributed by atoms with van der Waals surface area (Å²) in [6.07, 6.45) is 2.67. The molecule has 20 heavy (non-hydrogen) atoms. The van der Waals surface area contributed by atoms with E-state index in [0.29, 0.717) is 0 Å². The van der Waals surface area contributed by atoms with E-state index < -0.39 is 0 Å². The molecule has 1 heterocycles. The Morgan fingerprint density at radius 1 is 0.600 bits per heavy atom. The maximum absolute atomic E-state index is 2.68. The summed E-state index contributed by atoms with van der Waals surface area (Å²) in [5, 5.41) is 0. The highest BCUT2D eigenvalue weighted by Crippen LogP contribution is 2.17. The smallest absolute Gasteiger partial charge is 0.0113 e. The van der Waals surface area contributed by atoms with Crippen LogP contribution in [-0.4, -0.2) is 48.1 Å². The minimum Gasteiger partial charge on any atom is -0.298 e. The molecule has 124 valence electrons. The van der Waals surface area contributed by atoms with Crippen molar-refractivity contribution in [2.75, 3.05) is 26.2 Å². The first-order chi connectivity index (χ1) is 8.40. The number of halogens is 2. The van der Waals surface area contributed by atoms with Gasteiger partial charge in [-0.3, -0.25) is 9.80 Å². The Labute approximate surface area is 148 Å². The molecule has 0 aromatic carbocycles. The van der Waals surface area contributed by atoms with Crippen LogP contribution >= 0.6 is 34.0 Å². The van der Waals surface area contributed by atoms with Crippen molar-refractivity contribution in [1.82, 2.24) is 9.80 Å². The predicted molar refractivity (Wildman–Crippen MR) is 102 cm³/mol. The quantitative estimate of drug-likeness (QED) is 0.623. The highest BCUT2D eigenvalue weighted by atomic mass is 79.9. The Morgan fingerprint density at radius 3 is 1.05 bits per heavy atom. The highest BCUT2D eigenvalue weighted by molar-refractivity contribution is 8.93. The molecule has 2 nitrogen and oxygen atoms in total. The molecule has 2 unspecified atom stereocenters. The summed E-state index contributed by atoms with van der Waals surface area (Å²) in [5.74, 6) is 1.63. The number of rotatable bonds is 6. The van der Waals surface area contributed by atoms with Gasteiger partial charge in [0.15, 0.2) is 0 Å². The second-order valence-electron chi connectivity index (χ2n) is 7.03. The van der Waals surface area contributed by atoms with Crippen LogP contribution < -0.4 is 0 Å². The van der Waals surface area contributed by atoms with Crippen molar-refractivity contribution in [1.29, 1.82) is 0 Å². The molecule has 0 aliphatic carbocycles. The molecule has 0 amide bonds. The van der Waals surface area contributed by atoms with Crippen LogP contribution in [0.5, 0.6) is 0 Å². The van der Waals surface area contributed by atoms with Gasteiger partial charge < -0.3 is 0 Å². The lowest BCUT2D eigenvalue weighted by atomic mass is 10.0. The summed E-state index contributed by atoms with van der Waals surface area (Å²) in [4.78, 5) is 5.36. The predicted octanol–water partition coefficient (Wildman–Crippen LogP) is 4.63. The summed E-state index contributed by atoms with van der Waals surface area (Å²) in [7, 11) is 0. The average molecular weight is 416 g/mol. The molecule has 1 fully saturated rings. The van der Waals surface area contributed by atoms with Gasteiger partial charge in [0.25, 0.3) is 0 Å². The molecule has 1 rings (SSSR count). The molecule has 1 aliphatic rings. The van der Waals surface area contributed by atoms with Gasteiger partial charge in [0.05, 0.1) is 0 Å². The Kier molecular flexibility index (Phi) is 13.3. The molecule has 0 saturated carbocycles. The van der Waals surface area contributed by atoms with Crippen LogP contribution in [-0.2, 0) is 0 Å². The molecule has 0 bridgehead atoms. The number of hydrogen-bond acceptors (Lipinski definition) is 2. The van der Waals surface area contributed by atoms with Crippen LogP contribution in [0.4, 0.5) is 0 Å². The third-order valence-electron chi connectivity index (χ3n) is 4.22. The van der Waals surface area contributed by atoms with Crippen molar-refractivity contribution in [3.63, 3.8) is 0 Å². The summed E-state index contributed by atoms with van der Waals surface area (Å²) in [6.45, 7) is 19.2. The number of hydrogen-bond donors (Lipinski definition) is 0. The molecule has 1 aliphatic heterocycles. The van der Waals surface area contributed by atoms with Crippen molar-refractivity contribution in [3.05, 3.63) is 0 Å². The van der Waals surface area contributed by atoms with Gasteiger partial charge in [0.1, 0.15) is 0 Å². The van der Waals surface area contributed by atoms with E-state index in [0.717, 1.165) is 23.9 Å². The molecular formula is C16H36Br2N2. The van der Waals surface area contributed by atoms with E-state index in [1.54, 1.807) is 0 Å². The summed E-state index contributed by atoms with van der Waals surface area (Å²) >= 11 is 0. The van der Waals surface area contributed by atoms with E-state index in [2.05, 4.69) is 51.3 Å². The average Bonchev–Trinajstić information content (AvgIpc) is 2.27. The maximum atomic E-state index is 2.68. The van der Waals surface area contributed by atoms with Crippen molar-refractivity contribution in [2.24, 2.45) is 11.8 Å². The normalized spacial score (nSPS) is 20.4. The summed E-state index contributed by atoms with van der Waals surface area (Å²) in [5.41, 5.74) is 0.